The molecule has 0 saturated heterocycles. The van der Waals surface area contributed by atoms with E-state index in [9.17, 15) is 0 Å². The van der Waals surface area contributed by atoms with Crippen molar-refractivity contribution in [3.63, 3.8) is 0 Å². The van der Waals surface area contributed by atoms with Gasteiger partial charge in [0.15, 0.2) is 0 Å². The van der Waals surface area contributed by atoms with Gasteiger partial charge in [0.1, 0.15) is 22.3 Å². The van der Waals surface area contributed by atoms with Gasteiger partial charge in [0.2, 0.25) is 0 Å². The van der Waals surface area contributed by atoms with Crippen molar-refractivity contribution in [1.82, 2.24) is 0 Å². The summed E-state index contributed by atoms with van der Waals surface area (Å²) in [6.07, 6.45) is 0. The summed E-state index contributed by atoms with van der Waals surface area (Å²) in [5.41, 5.74) is 16.9. The molecule has 1 aliphatic rings. The third kappa shape index (κ3) is 4.87. The Kier molecular flexibility index (Phi) is 7.14. The van der Waals surface area contributed by atoms with E-state index in [1.54, 1.807) is 0 Å². The lowest BCUT2D eigenvalue weighted by molar-refractivity contribution is 0.667. The zero-order valence-electron chi connectivity index (χ0n) is 31.4. The maximum absolute atomic E-state index is 6.39. The summed E-state index contributed by atoms with van der Waals surface area (Å²) in [6.45, 7) is 0. The molecule has 272 valence electrons. The van der Waals surface area contributed by atoms with Crippen LogP contribution < -0.4 is 5.32 Å². The van der Waals surface area contributed by atoms with Crippen LogP contribution in [-0.4, -0.2) is 0 Å². The molecule has 3 heteroatoms. The van der Waals surface area contributed by atoms with Crippen molar-refractivity contribution in [3.8, 4) is 33.4 Å². The van der Waals surface area contributed by atoms with Gasteiger partial charge in [-0.1, -0.05) is 146 Å². The van der Waals surface area contributed by atoms with Gasteiger partial charge in [0.05, 0.1) is 5.41 Å². The van der Waals surface area contributed by atoms with Gasteiger partial charge in [-0.3, -0.25) is 0 Å². The molecule has 11 aromatic rings. The molecule has 3 nitrogen and oxygen atoms in total. The van der Waals surface area contributed by atoms with Crippen LogP contribution in [0, 0.1) is 0 Å². The number of fused-ring (bicyclic) bond motifs is 9. The smallest absolute Gasteiger partial charge is 0.135 e. The summed E-state index contributed by atoms with van der Waals surface area (Å²) >= 11 is 0. The molecular formula is C55H35NO2. The van der Waals surface area contributed by atoms with Crippen LogP contribution in [0.1, 0.15) is 22.3 Å². The molecule has 12 rings (SSSR count). The Balaban J connectivity index is 1.08. The zero-order valence-corrected chi connectivity index (χ0v) is 31.4. The fourth-order valence-electron chi connectivity index (χ4n) is 9.56. The van der Waals surface area contributed by atoms with E-state index in [0.717, 1.165) is 66.4 Å². The highest BCUT2D eigenvalue weighted by atomic mass is 16.3. The van der Waals surface area contributed by atoms with Crippen LogP contribution in [0.4, 0.5) is 11.4 Å². The number of hydrogen-bond acceptors (Lipinski definition) is 3. The highest BCUT2D eigenvalue weighted by molar-refractivity contribution is 6.07. The number of benzene rings is 9. The average molecular weight is 742 g/mol. The van der Waals surface area contributed by atoms with Crippen LogP contribution in [0.3, 0.4) is 0 Å². The first-order valence-corrected chi connectivity index (χ1v) is 19.8. The SMILES string of the molecule is c1ccc(-c2cccc(-c3ccccc3Nc3ccc4c(c3)C(c3ccc5oc6ccccc6c5c3)(c3ccc5oc6ccccc6c5c3)c3ccccc3-4)c2)cc1. The van der Waals surface area contributed by atoms with E-state index >= 15 is 0 Å². The van der Waals surface area contributed by atoms with Gasteiger partial charge in [0.25, 0.3) is 0 Å². The van der Waals surface area contributed by atoms with Crippen molar-refractivity contribution in [3.05, 3.63) is 229 Å². The molecule has 2 heterocycles. The van der Waals surface area contributed by atoms with Crippen LogP contribution in [0.15, 0.2) is 215 Å². The lowest BCUT2D eigenvalue weighted by atomic mass is 9.67. The standard InChI is InChI=1S/C55H35NO2/c1-2-13-35(14-3-1)36-15-12-16-37(31-36)41-17-5-9-22-50(41)56-40-27-28-43-42-18-4-8-21-48(42)55(49(43)34-40,38-25-29-53-46(32-38)44-19-6-10-23-51(44)57-53)39-26-30-54-47(33-39)45-20-7-11-24-52(45)58-54/h1-34,56H. The van der Waals surface area contributed by atoms with Gasteiger partial charge in [-0.2, -0.15) is 0 Å². The van der Waals surface area contributed by atoms with E-state index < -0.39 is 5.41 Å². The number of para-hydroxylation sites is 3. The summed E-state index contributed by atoms with van der Waals surface area (Å²) < 4.78 is 12.8. The molecule has 0 spiro atoms. The second-order valence-electron chi connectivity index (χ2n) is 15.3. The third-order valence-corrected chi connectivity index (χ3v) is 12.2. The van der Waals surface area contributed by atoms with Crippen molar-refractivity contribution in [1.29, 1.82) is 0 Å². The quantitative estimate of drug-likeness (QED) is 0.184. The van der Waals surface area contributed by atoms with Crippen molar-refractivity contribution in [2.24, 2.45) is 0 Å². The molecule has 1 N–H and O–H groups in total. The van der Waals surface area contributed by atoms with E-state index in [-0.39, 0.29) is 0 Å². The summed E-state index contributed by atoms with van der Waals surface area (Å²) in [5.74, 6) is 0. The Morgan fingerprint density at radius 2 is 0.879 bits per heavy atom. The van der Waals surface area contributed by atoms with Crippen molar-refractivity contribution >= 4 is 55.3 Å². The molecule has 0 fully saturated rings. The molecule has 0 atom stereocenters. The molecule has 58 heavy (non-hydrogen) atoms. The normalized spacial score (nSPS) is 13.0. The highest BCUT2D eigenvalue weighted by Gasteiger charge is 2.46. The molecule has 0 amide bonds. The van der Waals surface area contributed by atoms with Crippen LogP contribution in [0.25, 0.3) is 77.3 Å². The second kappa shape index (κ2) is 12.7. The third-order valence-electron chi connectivity index (χ3n) is 12.2. The predicted molar refractivity (Wildman–Crippen MR) is 239 cm³/mol. The van der Waals surface area contributed by atoms with E-state index in [4.69, 9.17) is 8.83 Å². The van der Waals surface area contributed by atoms with Crippen molar-refractivity contribution in [2.75, 3.05) is 5.32 Å². The Bertz CT molecular complexity index is 3270. The Morgan fingerprint density at radius 1 is 0.328 bits per heavy atom. The summed E-state index contributed by atoms with van der Waals surface area (Å²) in [4.78, 5) is 0. The fraction of sp³-hybridized carbons (Fsp3) is 0.0182. The number of anilines is 2. The first-order chi connectivity index (χ1) is 28.7. The highest BCUT2D eigenvalue weighted by Crippen LogP contribution is 2.58. The van der Waals surface area contributed by atoms with Crippen molar-refractivity contribution < 1.29 is 8.83 Å². The lowest BCUT2D eigenvalue weighted by Crippen LogP contribution is -2.28. The van der Waals surface area contributed by atoms with Gasteiger partial charge in [0, 0.05) is 38.5 Å². The molecule has 0 saturated carbocycles. The first-order valence-electron chi connectivity index (χ1n) is 19.8. The minimum atomic E-state index is -0.660. The van der Waals surface area contributed by atoms with Crippen LogP contribution in [-0.2, 0) is 5.41 Å². The van der Waals surface area contributed by atoms with Gasteiger partial charge >= 0.3 is 0 Å². The molecule has 1 aliphatic carbocycles. The van der Waals surface area contributed by atoms with Gasteiger partial charge in [-0.25, -0.2) is 0 Å². The van der Waals surface area contributed by atoms with Crippen LogP contribution in [0.2, 0.25) is 0 Å². The van der Waals surface area contributed by atoms with E-state index in [1.807, 2.05) is 12.1 Å². The Hall–Kier alpha value is -7.62. The molecule has 2 aromatic heterocycles. The molecular weight excluding hydrogens is 707 g/mol. The maximum atomic E-state index is 6.39. The van der Waals surface area contributed by atoms with E-state index in [1.165, 1.54) is 44.5 Å². The Labute approximate surface area is 335 Å². The molecule has 0 radical (unpaired) electrons. The van der Waals surface area contributed by atoms with Gasteiger partial charge < -0.3 is 14.2 Å². The number of rotatable bonds is 6. The number of nitrogens with one attached hydrogen (secondary N) is 1. The van der Waals surface area contributed by atoms with E-state index in [0.29, 0.717) is 0 Å². The summed E-state index contributed by atoms with van der Waals surface area (Å²) in [5, 5.41) is 8.33. The topological polar surface area (TPSA) is 38.3 Å². The minimum Gasteiger partial charge on any atom is -0.456 e. The van der Waals surface area contributed by atoms with E-state index in [2.05, 4.69) is 199 Å². The predicted octanol–water partition coefficient (Wildman–Crippen LogP) is 14.9. The minimum absolute atomic E-state index is 0.660. The Morgan fingerprint density at radius 3 is 1.60 bits per heavy atom. The lowest BCUT2D eigenvalue weighted by Gasteiger charge is -2.34. The number of hydrogen-bond donors (Lipinski definition) is 1. The van der Waals surface area contributed by atoms with Gasteiger partial charge in [-0.15, -0.1) is 0 Å². The molecule has 0 bridgehead atoms. The zero-order chi connectivity index (χ0) is 38.2. The molecule has 9 aromatic carbocycles. The van der Waals surface area contributed by atoms with Gasteiger partial charge in [-0.05, 0) is 111 Å². The maximum Gasteiger partial charge on any atom is 0.135 e. The second-order valence-corrected chi connectivity index (χ2v) is 15.3. The molecule has 0 aliphatic heterocycles. The largest absolute Gasteiger partial charge is 0.456 e. The average Bonchev–Trinajstić information content (AvgIpc) is 3.94. The fourth-order valence-corrected chi connectivity index (χ4v) is 9.56. The first kappa shape index (κ1) is 32.6. The van der Waals surface area contributed by atoms with Crippen molar-refractivity contribution in [2.45, 2.75) is 5.41 Å². The number of furan rings is 2. The van der Waals surface area contributed by atoms with Crippen LogP contribution in [0.5, 0.6) is 0 Å². The van der Waals surface area contributed by atoms with Crippen LogP contribution >= 0.6 is 0 Å². The molecule has 0 unspecified atom stereocenters. The monoisotopic (exact) mass is 741 g/mol. The summed E-state index contributed by atoms with van der Waals surface area (Å²) in [7, 11) is 0. The summed E-state index contributed by atoms with van der Waals surface area (Å²) in [6, 6.07) is 74.0.